The Labute approximate surface area is 113 Å². The summed E-state index contributed by atoms with van der Waals surface area (Å²) in [5, 5.41) is 4.84. The smallest absolute Gasteiger partial charge is 0.349 e. The van der Waals surface area contributed by atoms with Gasteiger partial charge in [-0.05, 0) is 25.0 Å². The maximum Gasteiger partial charge on any atom is 0.397 e. The van der Waals surface area contributed by atoms with Crippen molar-refractivity contribution in [2.45, 2.75) is 31.5 Å². The van der Waals surface area contributed by atoms with Crippen LogP contribution in [0.2, 0.25) is 0 Å². The number of alkyl halides is 3. The number of carbonyl (C=O) groups is 2. The molecule has 1 aliphatic rings. The van der Waals surface area contributed by atoms with Crippen LogP contribution in [0.15, 0.2) is 24.3 Å². The van der Waals surface area contributed by atoms with Crippen LogP contribution in [-0.4, -0.2) is 24.0 Å². The van der Waals surface area contributed by atoms with E-state index in [0.717, 1.165) is 12.8 Å². The van der Waals surface area contributed by atoms with Gasteiger partial charge in [-0.3, -0.25) is 9.59 Å². The first-order valence-electron chi connectivity index (χ1n) is 6.11. The molecule has 0 aliphatic heterocycles. The lowest BCUT2D eigenvalue weighted by atomic mass is 10.1. The molecule has 7 heteroatoms. The quantitative estimate of drug-likeness (QED) is 0.893. The zero-order chi connectivity index (χ0) is 14.8. The van der Waals surface area contributed by atoms with Gasteiger partial charge in [-0.25, -0.2) is 0 Å². The van der Waals surface area contributed by atoms with Crippen molar-refractivity contribution in [2.24, 2.45) is 0 Å². The van der Waals surface area contributed by atoms with Gasteiger partial charge in [-0.1, -0.05) is 12.1 Å². The van der Waals surface area contributed by atoms with Gasteiger partial charge in [0.15, 0.2) is 0 Å². The Morgan fingerprint density at radius 3 is 2.45 bits per heavy atom. The number of halogens is 3. The fraction of sp³-hybridized carbons (Fsp3) is 0.385. The molecule has 0 saturated heterocycles. The molecule has 0 aromatic heterocycles. The van der Waals surface area contributed by atoms with Crippen molar-refractivity contribution < 1.29 is 22.8 Å². The predicted molar refractivity (Wildman–Crippen MR) is 66.2 cm³/mol. The number of nitrogens with one attached hydrogen (secondary N) is 2. The van der Waals surface area contributed by atoms with E-state index in [1.807, 2.05) is 0 Å². The van der Waals surface area contributed by atoms with Crippen molar-refractivity contribution in [3.05, 3.63) is 29.8 Å². The minimum absolute atomic E-state index is 0.0832. The summed E-state index contributed by atoms with van der Waals surface area (Å²) in [7, 11) is 0. The Bertz CT molecular complexity index is 525. The number of anilines is 1. The third-order valence-electron chi connectivity index (χ3n) is 2.72. The molecule has 1 aliphatic carbocycles. The fourth-order valence-electron chi connectivity index (χ4n) is 1.66. The van der Waals surface area contributed by atoms with E-state index in [0.29, 0.717) is 0 Å². The minimum Gasteiger partial charge on any atom is -0.349 e. The predicted octanol–water partition coefficient (Wildman–Crippen LogP) is 2.47. The molecule has 0 bridgehead atoms. The van der Waals surface area contributed by atoms with Gasteiger partial charge in [0.2, 0.25) is 5.91 Å². The van der Waals surface area contributed by atoms with Crippen molar-refractivity contribution in [3.63, 3.8) is 0 Å². The summed E-state index contributed by atoms with van der Waals surface area (Å²) in [6, 6.07) is 6.11. The third-order valence-corrected chi connectivity index (χ3v) is 2.72. The molecule has 1 aromatic carbocycles. The first-order chi connectivity index (χ1) is 9.35. The lowest BCUT2D eigenvalue weighted by molar-refractivity contribution is -0.150. The van der Waals surface area contributed by atoms with Gasteiger partial charge in [0.1, 0.15) is 6.42 Å². The van der Waals surface area contributed by atoms with Crippen molar-refractivity contribution >= 4 is 17.5 Å². The highest BCUT2D eigenvalue weighted by Crippen LogP contribution is 2.23. The molecule has 2 N–H and O–H groups in total. The summed E-state index contributed by atoms with van der Waals surface area (Å²) < 4.78 is 36.3. The number of rotatable bonds is 4. The van der Waals surface area contributed by atoms with E-state index in [1.165, 1.54) is 18.2 Å². The molecule has 20 heavy (non-hydrogen) atoms. The standard InChI is InChI=1S/C13H13F3N2O2/c14-13(15,16)7-11(19)18-10-4-2-1-3-9(10)12(20)17-8-5-6-8/h1-4,8H,5-7H2,(H,17,20)(H,18,19). The highest BCUT2D eigenvalue weighted by molar-refractivity contribution is 6.04. The number of benzene rings is 1. The molecule has 2 rings (SSSR count). The van der Waals surface area contributed by atoms with Crippen molar-refractivity contribution in [3.8, 4) is 0 Å². The van der Waals surface area contributed by atoms with Crippen LogP contribution in [-0.2, 0) is 4.79 Å². The largest absolute Gasteiger partial charge is 0.397 e. The highest BCUT2D eigenvalue weighted by atomic mass is 19.4. The molecular weight excluding hydrogens is 273 g/mol. The Balaban J connectivity index is 2.07. The van der Waals surface area contributed by atoms with Crippen LogP contribution in [0.3, 0.4) is 0 Å². The van der Waals surface area contributed by atoms with Gasteiger partial charge < -0.3 is 10.6 Å². The molecule has 0 heterocycles. The van der Waals surface area contributed by atoms with Crippen LogP contribution in [0.1, 0.15) is 29.6 Å². The van der Waals surface area contributed by atoms with E-state index in [2.05, 4.69) is 10.6 Å². The molecule has 1 fully saturated rings. The fourth-order valence-corrected chi connectivity index (χ4v) is 1.66. The molecule has 0 radical (unpaired) electrons. The second kappa shape index (κ2) is 5.52. The monoisotopic (exact) mass is 286 g/mol. The van der Waals surface area contributed by atoms with Crippen LogP contribution in [0.25, 0.3) is 0 Å². The maximum absolute atomic E-state index is 12.1. The third kappa shape index (κ3) is 4.25. The molecule has 0 unspecified atom stereocenters. The summed E-state index contributed by atoms with van der Waals surface area (Å²) in [6.07, 6.45) is -4.36. The molecule has 4 nitrogen and oxygen atoms in total. The minimum atomic E-state index is -4.57. The SMILES string of the molecule is O=C(CC(F)(F)F)Nc1ccccc1C(=O)NC1CC1. The summed E-state index contributed by atoms with van der Waals surface area (Å²) in [6.45, 7) is 0. The molecule has 1 saturated carbocycles. The van der Waals surface area contributed by atoms with Gasteiger partial charge in [-0.15, -0.1) is 0 Å². The molecule has 1 aromatic rings. The number of carbonyl (C=O) groups excluding carboxylic acids is 2. The van der Waals surface area contributed by atoms with E-state index in [9.17, 15) is 22.8 Å². The first-order valence-corrected chi connectivity index (χ1v) is 6.11. The van der Waals surface area contributed by atoms with Crippen molar-refractivity contribution in [1.29, 1.82) is 0 Å². The van der Waals surface area contributed by atoms with Crippen LogP contribution < -0.4 is 10.6 Å². The Hall–Kier alpha value is -2.05. The van der Waals surface area contributed by atoms with Crippen LogP contribution in [0.4, 0.5) is 18.9 Å². The van der Waals surface area contributed by atoms with Gasteiger partial charge in [0.25, 0.3) is 5.91 Å². The Morgan fingerprint density at radius 1 is 1.20 bits per heavy atom. The van der Waals surface area contributed by atoms with Gasteiger partial charge in [0.05, 0.1) is 11.3 Å². The number of amides is 2. The molecule has 2 amide bonds. The Morgan fingerprint density at radius 2 is 1.85 bits per heavy atom. The van der Waals surface area contributed by atoms with Crippen LogP contribution in [0, 0.1) is 0 Å². The van der Waals surface area contributed by atoms with E-state index < -0.39 is 24.4 Å². The van der Waals surface area contributed by atoms with Gasteiger partial charge in [0, 0.05) is 6.04 Å². The van der Waals surface area contributed by atoms with E-state index in [1.54, 1.807) is 6.07 Å². The summed E-state index contributed by atoms with van der Waals surface area (Å²) >= 11 is 0. The first kappa shape index (κ1) is 14.4. The summed E-state index contributed by atoms with van der Waals surface area (Å²) in [5.41, 5.74) is 0.245. The van der Waals surface area contributed by atoms with Gasteiger partial charge in [-0.2, -0.15) is 13.2 Å². The summed E-state index contributed by atoms with van der Waals surface area (Å²) in [4.78, 5) is 23.2. The van der Waals surface area contributed by atoms with Crippen LogP contribution >= 0.6 is 0 Å². The second-order valence-corrected chi connectivity index (χ2v) is 4.63. The van der Waals surface area contributed by atoms with E-state index >= 15 is 0 Å². The van der Waals surface area contributed by atoms with Crippen LogP contribution in [0.5, 0.6) is 0 Å². The van der Waals surface area contributed by atoms with Gasteiger partial charge >= 0.3 is 6.18 Å². The van der Waals surface area contributed by atoms with Crippen molar-refractivity contribution in [2.75, 3.05) is 5.32 Å². The topological polar surface area (TPSA) is 58.2 Å². The van der Waals surface area contributed by atoms with Crippen molar-refractivity contribution in [1.82, 2.24) is 5.32 Å². The maximum atomic E-state index is 12.1. The number of para-hydroxylation sites is 1. The highest BCUT2D eigenvalue weighted by Gasteiger charge is 2.31. The lowest BCUT2D eigenvalue weighted by Crippen LogP contribution is -2.27. The average molecular weight is 286 g/mol. The summed E-state index contributed by atoms with van der Waals surface area (Å²) in [5.74, 6) is -1.58. The zero-order valence-electron chi connectivity index (χ0n) is 10.5. The second-order valence-electron chi connectivity index (χ2n) is 4.63. The number of hydrogen-bond donors (Lipinski definition) is 2. The number of hydrogen-bond acceptors (Lipinski definition) is 2. The average Bonchev–Trinajstić information content (AvgIpc) is 3.10. The van der Waals surface area contributed by atoms with E-state index in [-0.39, 0.29) is 17.3 Å². The normalized spacial score (nSPS) is 14.8. The Kier molecular flexibility index (Phi) is 3.96. The molecule has 0 atom stereocenters. The lowest BCUT2D eigenvalue weighted by Gasteiger charge is -2.12. The molecule has 0 spiro atoms. The molecular formula is C13H13F3N2O2. The van der Waals surface area contributed by atoms with E-state index in [4.69, 9.17) is 0 Å². The molecule has 108 valence electrons. The zero-order valence-corrected chi connectivity index (χ0v) is 10.5.